The van der Waals surface area contributed by atoms with Crippen molar-refractivity contribution in [1.82, 2.24) is 5.32 Å². The summed E-state index contributed by atoms with van der Waals surface area (Å²) in [5.74, 6) is 1.06. The Morgan fingerprint density at radius 2 is 2.30 bits per heavy atom. The zero-order valence-corrected chi connectivity index (χ0v) is 12.9. The highest BCUT2D eigenvalue weighted by Gasteiger charge is 2.26. The first-order valence-electron chi connectivity index (χ1n) is 7.53. The number of benzene rings is 1. The number of nitrogens with one attached hydrogen (secondary N) is 1. The Labute approximate surface area is 134 Å². The molecule has 5 nitrogen and oxygen atoms in total. The Morgan fingerprint density at radius 1 is 1.43 bits per heavy atom. The van der Waals surface area contributed by atoms with Gasteiger partial charge in [0.25, 0.3) is 0 Å². The van der Waals surface area contributed by atoms with Crippen molar-refractivity contribution in [3.63, 3.8) is 0 Å². The molecule has 0 bridgehead atoms. The first kappa shape index (κ1) is 15.4. The van der Waals surface area contributed by atoms with Crippen LogP contribution in [0.15, 0.2) is 47.1 Å². The zero-order chi connectivity index (χ0) is 16.3. The lowest BCUT2D eigenvalue weighted by atomic mass is 10.0. The molecule has 1 aromatic heterocycles. The lowest BCUT2D eigenvalue weighted by Crippen LogP contribution is -2.37. The third kappa shape index (κ3) is 3.63. The number of carbonyl (C=O) groups is 1. The Morgan fingerprint density at radius 3 is 3.09 bits per heavy atom. The van der Waals surface area contributed by atoms with Crippen LogP contribution in [-0.2, 0) is 16.8 Å². The van der Waals surface area contributed by atoms with Crippen molar-refractivity contribution in [1.29, 1.82) is 0 Å². The fraction of sp³-hybridized carbons (Fsp3) is 0.278. The molecule has 1 amide bonds. The summed E-state index contributed by atoms with van der Waals surface area (Å²) in [6.45, 7) is 2.38. The third-order valence-corrected chi connectivity index (χ3v) is 3.80. The average Bonchev–Trinajstić information content (AvgIpc) is 3.21. The summed E-state index contributed by atoms with van der Waals surface area (Å²) in [6.07, 6.45) is 5.59. The Kier molecular flexibility index (Phi) is 4.21. The summed E-state index contributed by atoms with van der Waals surface area (Å²) >= 11 is 0. The van der Waals surface area contributed by atoms with Gasteiger partial charge in [0.05, 0.1) is 19.4 Å². The quantitative estimate of drug-likeness (QED) is 0.831. The normalized spacial score (nSPS) is 15.9. The topological polar surface area (TPSA) is 71.7 Å². The predicted molar refractivity (Wildman–Crippen MR) is 86.0 cm³/mol. The molecule has 2 heterocycles. The molecule has 0 spiro atoms. The zero-order valence-electron chi connectivity index (χ0n) is 12.9. The highest BCUT2D eigenvalue weighted by Crippen LogP contribution is 2.26. The van der Waals surface area contributed by atoms with Crippen molar-refractivity contribution in [3.8, 4) is 5.75 Å². The van der Waals surface area contributed by atoms with Crippen LogP contribution in [0.5, 0.6) is 5.75 Å². The van der Waals surface area contributed by atoms with E-state index in [2.05, 4.69) is 5.32 Å². The second kappa shape index (κ2) is 6.30. The molecule has 0 saturated carbocycles. The van der Waals surface area contributed by atoms with Crippen molar-refractivity contribution in [2.75, 3.05) is 13.2 Å². The molecule has 1 aliphatic heterocycles. The van der Waals surface area contributed by atoms with Crippen LogP contribution in [0.4, 0.5) is 0 Å². The SMILES string of the molecule is CC(O)(CNC(=O)C=Cc1ccc2c(c1)CCO2)c1ccco1. The van der Waals surface area contributed by atoms with Gasteiger partial charge in [-0.2, -0.15) is 0 Å². The standard InChI is InChI=1S/C18H19NO4/c1-18(21,16-3-2-9-23-16)12-19-17(20)7-5-13-4-6-15-14(11-13)8-10-22-15/h2-7,9,11,21H,8,10,12H2,1H3,(H,19,20). The van der Waals surface area contributed by atoms with E-state index in [1.807, 2.05) is 18.2 Å². The van der Waals surface area contributed by atoms with Crippen molar-refractivity contribution in [2.24, 2.45) is 0 Å². The molecule has 23 heavy (non-hydrogen) atoms. The molecular weight excluding hydrogens is 294 g/mol. The van der Waals surface area contributed by atoms with Crippen LogP contribution >= 0.6 is 0 Å². The van der Waals surface area contributed by atoms with Gasteiger partial charge in [-0.25, -0.2) is 0 Å². The minimum Gasteiger partial charge on any atom is -0.493 e. The predicted octanol–water partition coefficient (Wildman–Crippen LogP) is 2.25. The van der Waals surface area contributed by atoms with E-state index in [1.54, 1.807) is 25.1 Å². The van der Waals surface area contributed by atoms with Gasteiger partial charge >= 0.3 is 0 Å². The summed E-state index contributed by atoms with van der Waals surface area (Å²) in [4.78, 5) is 11.9. The van der Waals surface area contributed by atoms with E-state index in [9.17, 15) is 9.90 Å². The van der Waals surface area contributed by atoms with Gasteiger partial charge in [0.1, 0.15) is 17.1 Å². The summed E-state index contributed by atoms with van der Waals surface area (Å²) in [6, 6.07) is 9.22. The summed E-state index contributed by atoms with van der Waals surface area (Å²) < 4.78 is 10.6. The average molecular weight is 313 g/mol. The van der Waals surface area contributed by atoms with E-state index in [-0.39, 0.29) is 12.5 Å². The maximum atomic E-state index is 11.9. The molecule has 1 aromatic carbocycles. The van der Waals surface area contributed by atoms with Crippen LogP contribution < -0.4 is 10.1 Å². The largest absolute Gasteiger partial charge is 0.493 e. The monoisotopic (exact) mass is 313 g/mol. The van der Waals surface area contributed by atoms with E-state index < -0.39 is 5.60 Å². The number of furan rings is 1. The van der Waals surface area contributed by atoms with Gasteiger partial charge in [0.15, 0.2) is 0 Å². The highest BCUT2D eigenvalue weighted by molar-refractivity contribution is 5.91. The van der Waals surface area contributed by atoms with Gasteiger partial charge in [-0.15, -0.1) is 0 Å². The minimum absolute atomic E-state index is 0.0711. The number of fused-ring (bicyclic) bond motifs is 1. The van der Waals surface area contributed by atoms with Crippen LogP contribution in [-0.4, -0.2) is 24.2 Å². The lowest BCUT2D eigenvalue weighted by molar-refractivity contribution is -0.117. The molecule has 1 aliphatic rings. The Hall–Kier alpha value is -2.53. The van der Waals surface area contributed by atoms with Gasteiger partial charge in [0.2, 0.25) is 5.91 Å². The third-order valence-electron chi connectivity index (χ3n) is 3.80. The number of aliphatic hydroxyl groups is 1. The van der Waals surface area contributed by atoms with E-state index in [0.717, 1.165) is 23.3 Å². The number of ether oxygens (including phenoxy) is 1. The van der Waals surface area contributed by atoms with Crippen molar-refractivity contribution < 1.29 is 19.1 Å². The number of amides is 1. The maximum Gasteiger partial charge on any atom is 0.244 e. The van der Waals surface area contributed by atoms with Crippen LogP contribution in [0.25, 0.3) is 6.08 Å². The highest BCUT2D eigenvalue weighted by atomic mass is 16.5. The first-order chi connectivity index (χ1) is 11.0. The lowest BCUT2D eigenvalue weighted by Gasteiger charge is -2.20. The van der Waals surface area contributed by atoms with E-state index >= 15 is 0 Å². The van der Waals surface area contributed by atoms with Gasteiger partial charge in [-0.3, -0.25) is 4.79 Å². The first-order valence-corrected chi connectivity index (χ1v) is 7.53. The number of hydrogen-bond acceptors (Lipinski definition) is 4. The smallest absolute Gasteiger partial charge is 0.244 e. The van der Waals surface area contributed by atoms with Gasteiger partial charge in [-0.1, -0.05) is 6.07 Å². The van der Waals surface area contributed by atoms with Gasteiger partial charge in [0, 0.05) is 12.5 Å². The number of hydrogen-bond donors (Lipinski definition) is 2. The molecule has 0 fully saturated rings. The molecule has 2 N–H and O–H groups in total. The molecule has 5 heteroatoms. The molecule has 1 unspecified atom stereocenters. The maximum absolute atomic E-state index is 11.9. The Bertz CT molecular complexity index is 717. The van der Waals surface area contributed by atoms with Crippen molar-refractivity contribution in [2.45, 2.75) is 18.9 Å². The molecule has 2 aromatic rings. The number of carbonyl (C=O) groups excluding carboxylic acids is 1. The summed E-state index contributed by atoms with van der Waals surface area (Å²) in [5.41, 5.74) is 0.869. The second-order valence-electron chi connectivity index (χ2n) is 5.77. The molecule has 120 valence electrons. The molecule has 0 saturated heterocycles. The fourth-order valence-electron chi connectivity index (χ4n) is 2.47. The van der Waals surface area contributed by atoms with Crippen LogP contribution in [0.1, 0.15) is 23.8 Å². The van der Waals surface area contributed by atoms with Crippen LogP contribution in [0, 0.1) is 0 Å². The fourth-order valence-corrected chi connectivity index (χ4v) is 2.47. The molecule has 3 rings (SSSR count). The second-order valence-corrected chi connectivity index (χ2v) is 5.77. The van der Waals surface area contributed by atoms with Crippen LogP contribution in [0.3, 0.4) is 0 Å². The van der Waals surface area contributed by atoms with E-state index in [4.69, 9.17) is 9.15 Å². The van der Waals surface area contributed by atoms with Gasteiger partial charge < -0.3 is 19.6 Å². The molecular formula is C18H19NO4. The minimum atomic E-state index is -1.24. The van der Waals surface area contributed by atoms with Crippen molar-refractivity contribution in [3.05, 3.63) is 59.6 Å². The van der Waals surface area contributed by atoms with Crippen molar-refractivity contribution >= 4 is 12.0 Å². The van der Waals surface area contributed by atoms with E-state index in [0.29, 0.717) is 12.4 Å². The Balaban J connectivity index is 1.57. The molecule has 0 radical (unpaired) electrons. The molecule has 0 aliphatic carbocycles. The molecule has 1 atom stereocenters. The summed E-state index contributed by atoms with van der Waals surface area (Å²) in [5, 5.41) is 12.9. The van der Waals surface area contributed by atoms with Crippen LogP contribution in [0.2, 0.25) is 0 Å². The van der Waals surface area contributed by atoms with E-state index in [1.165, 1.54) is 12.3 Å². The summed E-state index contributed by atoms with van der Waals surface area (Å²) in [7, 11) is 0. The number of rotatable bonds is 5. The van der Waals surface area contributed by atoms with Gasteiger partial charge in [-0.05, 0) is 48.4 Å².